The maximum absolute atomic E-state index is 3.26. The summed E-state index contributed by atoms with van der Waals surface area (Å²) in [5, 5.41) is 1.97. The summed E-state index contributed by atoms with van der Waals surface area (Å²) >= 11 is 0. The van der Waals surface area contributed by atoms with E-state index in [9.17, 15) is 0 Å². The molecule has 0 amide bonds. The molecule has 1 aromatic rings. The Bertz CT molecular complexity index is 275. The van der Waals surface area contributed by atoms with Crippen molar-refractivity contribution in [3.63, 3.8) is 0 Å². The van der Waals surface area contributed by atoms with E-state index in [1.165, 1.54) is 17.5 Å². The first kappa shape index (κ1) is 12.2. The van der Waals surface area contributed by atoms with Gasteiger partial charge < -0.3 is 0 Å². The standard InChI is InChI=1S/C13H22N2/c1-11(2)9-12-5-7-13(8-6-12)10-14-15(3)4/h5-8,11,14H,9-10H2,1-4H3. The summed E-state index contributed by atoms with van der Waals surface area (Å²) in [4.78, 5) is 0. The predicted molar refractivity (Wildman–Crippen MR) is 65.5 cm³/mol. The summed E-state index contributed by atoms with van der Waals surface area (Å²) < 4.78 is 0. The number of hydrogen-bond donors (Lipinski definition) is 1. The van der Waals surface area contributed by atoms with Gasteiger partial charge in [0.25, 0.3) is 0 Å². The normalized spacial score (nSPS) is 11.3. The highest BCUT2D eigenvalue weighted by Gasteiger charge is 1.98. The Morgan fingerprint density at radius 1 is 1.07 bits per heavy atom. The van der Waals surface area contributed by atoms with E-state index in [-0.39, 0.29) is 0 Å². The summed E-state index contributed by atoms with van der Waals surface area (Å²) in [6.45, 7) is 5.40. The number of hydrazine groups is 1. The number of hydrogen-bond acceptors (Lipinski definition) is 2. The first-order chi connectivity index (χ1) is 7.08. The highest BCUT2D eigenvalue weighted by atomic mass is 15.5. The zero-order chi connectivity index (χ0) is 11.3. The van der Waals surface area contributed by atoms with Gasteiger partial charge in [0.05, 0.1) is 0 Å². The van der Waals surface area contributed by atoms with Gasteiger partial charge in [-0.2, -0.15) is 0 Å². The average molecular weight is 206 g/mol. The van der Waals surface area contributed by atoms with Gasteiger partial charge in [0.2, 0.25) is 0 Å². The van der Waals surface area contributed by atoms with Crippen LogP contribution < -0.4 is 5.43 Å². The Kier molecular flexibility index (Phi) is 4.79. The Hall–Kier alpha value is -0.860. The molecular formula is C13H22N2. The molecule has 0 fully saturated rings. The van der Waals surface area contributed by atoms with Crippen LogP contribution >= 0.6 is 0 Å². The zero-order valence-corrected chi connectivity index (χ0v) is 10.2. The molecule has 0 spiro atoms. The van der Waals surface area contributed by atoms with Gasteiger partial charge in [0, 0.05) is 20.6 Å². The maximum Gasteiger partial charge on any atom is 0.0353 e. The van der Waals surface area contributed by atoms with Crippen LogP contribution in [0.5, 0.6) is 0 Å². The molecule has 0 saturated heterocycles. The molecule has 0 aliphatic carbocycles. The Morgan fingerprint density at radius 2 is 1.60 bits per heavy atom. The number of benzene rings is 1. The Morgan fingerprint density at radius 3 is 2.07 bits per heavy atom. The largest absolute Gasteiger partial charge is 0.251 e. The highest BCUT2D eigenvalue weighted by Crippen LogP contribution is 2.09. The van der Waals surface area contributed by atoms with Crippen molar-refractivity contribution < 1.29 is 0 Å². The molecular weight excluding hydrogens is 184 g/mol. The van der Waals surface area contributed by atoms with Gasteiger partial charge >= 0.3 is 0 Å². The lowest BCUT2D eigenvalue weighted by Crippen LogP contribution is -2.29. The molecule has 15 heavy (non-hydrogen) atoms. The van der Waals surface area contributed by atoms with Crippen molar-refractivity contribution in [2.75, 3.05) is 14.1 Å². The van der Waals surface area contributed by atoms with Crippen LogP contribution in [0.15, 0.2) is 24.3 Å². The van der Waals surface area contributed by atoms with E-state index in [1.807, 2.05) is 19.1 Å². The quantitative estimate of drug-likeness (QED) is 0.744. The summed E-state index contributed by atoms with van der Waals surface area (Å²) in [5.74, 6) is 0.732. The lowest BCUT2D eigenvalue weighted by atomic mass is 10.0. The van der Waals surface area contributed by atoms with Crippen molar-refractivity contribution >= 4 is 0 Å². The van der Waals surface area contributed by atoms with E-state index in [2.05, 4.69) is 43.5 Å². The second-order valence-electron chi connectivity index (χ2n) is 4.64. The number of nitrogens with one attached hydrogen (secondary N) is 1. The van der Waals surface area contributed by atoms with Crippen LogP contribution in [-0.4, -0.2) is 19.1 Å². The molecule has 0 unspecified atom stereocenters. The van der Waals surface area contributed by atoms with Gasteiger partial charge in [-0.25, -0.2) is 0 Å². The van der Waals surface area contributed by atoms with Crippen LogP contribution in [0.4, 0.5) is 0 Å². The molecule has 2 nitrogen and oxygen atoms in total. The first-order valence-electron chi connectivity index (χ1n) is 5.56. The van der Waals surface area contributed by atoms with Crippen molar-refractivity contribution in [1.29, 1.82) is 0 Å². The molecule has 2 heteroatoms. The molecule has 1 aromatic carbocycles. The monoisotopic (exact) mass is 206 g/mol. The predicted octanol–water partition coefficient (Wildman–Crippen LogP) is 2.45. The van der Waals surface area contributed by atoms with Crippen LogP contribution in [-0.2, 0) is 13.0 Å². The molecule has 0 atom stereocenters. The third-order valence-electron chi connectivity index (χ3n) is 2.27. The molecule has 0 heterocycles. The minimum absolute atomic E-state index is 0.732. The van der Waals surface area contributed by atoms with Crippen molar-refractivity contribution in [1.82, 2.24) is 10.4 Å². The van der Waals surface area contributed by atoms with Crippen molar-refractivity contribution in [2.45, 2.75) is 26.8 Å². The maximum atomic E-state index is 3.26. The van der Waals surface area contributed by atoms with Crippen molar-refractivity contribution in [3.05, 3.63) is 35.4 Å². The van der Waals surface area contributed by atoms with E-state index in [0.717, 1.165) is 12.5 Å². The summed E-state index contributed by atoms with van der Waals surface area (Å²) in [6.07, 6.45) is 1.17. The first-order valence-corrected chi connectivity index (χ1v) is 5.56. The SMILES string of the molecule is CC(C)Cc1ccc(CNN(C)C)cc1. The molecule has 0 aliphatic heterocycles. The Labute approximate surface area is 93.3 Å². The zero-order valence-electron chi connectivity index (χ0n) is 10.2. The summed E-state index contributed by atoms with van der Waals surface area (Å²) in [7, 11) is 4.01. The third-order valence-corrected chi connectivity index (χ3v) is 2.27. The topological polar surface area (TPSA) is 15.3 Å². The minimum atomic E-state index is 0.732. The van der Waals surface area contributed by atoms with Crippen LogP contribution in [0.3, 0.4) is 0 Å². The lowest BCUT2D eigenvalue weighted by molar-refractivity contribution is 0.286. The van der Waals surface area contributed by atoms with Crippen LogP contribution in [0.2, 0.25) is 0 Å². The van der Waals surface area contributed by atoms with Gasteiger partial charge in [-0.1, -0.05) is 38.1 Å². The second kappa shape index (κ2) is 5.89. The average Bonchev–Trinajstić information content (AvgIpc) is 2.16. The van der Waals surface area contributed by atoms with Gasteiger partial charge in [-0.3, -0.25) is 10.4 Å². The molecule has 0 radical (unpaired) electrons. The van der Waals surface area contributed by atoms with E-state index in [4.69, 9.17) is 0 Å². The van der Waals surface area contributed by atoms with Crippen molar-refractivity contribution in [3.8, 4) is 0 Å². The van der Waals surface area contributed by atoms with Crippen LogP contribution in [0.25, 0.3) is 0 Å². The summed E-state index contributed by atoms with van der Waals surface area (Å²) in [5.41, 5.74) is 6.01. The fourth-order valence-electron chi connectivity index (χ4n) is 1.51. The fourth-order valence-corrected chi connectivity index (χ4v) is 1.51. The van der Waals surface area contributed by atoms with E-state index in [1.54, 1.807) is 0 Å². The van der Waals surface area contributed by atoms with Crippen molar-refractivity contribution in [2.24, 2.45) is 5.92 Å². The van der Waals surface area contributed by atoms with Crippen LogP contribution in [0, 0.1) is 5.92 Å². The second-order valence-corrected chi connectivity index (χ2v) is 4.64. The lowest BCUT2D eigenvalue weighted by Gasteiger charge is -2.12. The van der Waals surface area contributed by atoms with E-state index < -0.39 is 0 Å². The van der Waals surface area contributed by atoms with Gasteiger partial charge in [-0.05, 0) is 23.5 Å². The highest BCUT2D eigenvalue weighted by molar-refractivity contribution is 5.22. The van der Waals surface area contributed by atoms with Gasteiger partial charge in [0.1, 0.15) is 0 Å². The molecule has 1 N–H and O–H groups in total. The Balaban J connectivity index is 2.49. The van der Waals surface area contributed by atoms with Crippen LogP contribution in [0.1, 0.15) is 25.0 Å². The molecule has 0 saturated carbocycles. The summed E-state index contributed by atoms with van der Waals surface area (Å²) in [6, 6.07) is 8.86. The van der Waals surface area contributed by atoms with E-state index >= 15 is 0 Å². The van der Waals surface area contributed by atoms with Gasteiger partial charge in [0.15, 0.2) is 0 Å². The van der Waals surface area contributed by atoms with Gasteiger partial charge in [-0.15, -0.1) is 0 Å². The molecule has 0 bridgehead atoms. The molecule has 0 aromatic heterocycles. The van der Waals surface area contributed by atoms with E-state index in [0.29, 0.717) is 0 Å². The third kappa shape index (κ3) is 4.96. The number of rotatable bonds is 5. The fraction of sp³-hybridized carbons (Fsp3) is 0.538. The minimum Gasteiger partial charge on any atom is -0.251 e. The number of nitrogens with zero attached hydrogens (tertiary/aromatic N) is 1. The smallest absolute Gasteiger partial charge is 0.0353 e. The molecule has 1 rings (SSSR count). The molecule has 0 aliphatic rings. The molecule has 84 valence electrons.